The predicted molar refractivity (Wildman–Crippen MR) is 101 cm³/mol. The molecule has 31 heavy (non-hydrogen) atoms. The summed E-state index contributed by atoms with van der Waals surface area (Å²) in [6.45, 7) is -1.72. The number of hydrogen-bond donors (Lipinski definition) is 1. The number of carbonyl (C=O) groups excluding carboxylic acids is 1. The highest BCUT2D eigenvalue weighted by Gasteiger charge is 2.33. The Balaban J connectivity index is 1.76. The molecule has 0 spiro atoms. The van der Waals surface area contributed by atoms with Crippen molar-refractivity contribution in [1.29, 1.82) is 0 Å². The van der Waals surface area contributed by atoms with Gasteiger partial charge < -0.3 is 10.1 Å². The summed E-state index contributed by atoms with van der Waals surface area (Å²) in [5, 5.41) is 4.29. The molecule has 1 amide bonds. The molecule has 3 aromatic rings. The van der Waals surface area contributed by atoms with E-state index in [1.165, 1.54) is 11.3 Å². The van der Waals surface area contributed by atoms with Crippen LogP contribution in [0.5, 0.6) is 5.75 Å². The van der Waals surface area contributed by atoms with Crippen molar-refractivity contribution in [3.63, 3.8) is 0 Å². The lowest BCUT2D eigenvalue weighted by atomic mass is 10.1. The maximum Gasteiger partial charge on any atom is 0.422 e. The highest BCUT2D eigenvalue weighted by atomic mass is 32.1. The number of aromatic nitrogens is 2. The van der Waals surface area contributed by atoms with Gasteiger partial charge in [0.25, 0.3) is 0 Å². The number of pyridine rings is 1. The Bertz CT molecular complexity index is 1050. The van der Waals surface area contributed by atoms with E-state index in [1.807, 2.05) is 0 Å². The maximum atomic E-state index is 13.0. The second-order valence-corrected chi connectivity index (χ2v) is 7.05. The smallest absolute Gasteiger partial charge is 0.422 e. The van der Waals surface area contributed by atoms with Gasteiger partial charge in [0.2, 0.25) is 5.91 Å². The second kappa shape index (κ2) is 8.92. The van der Waals surface area contributed by atoms with Crippen molar-refractivity contribution < 1.29 is 35.9 Å². The van der Waals surface area contributed by atoms with Crippen LogP contribution in [0.2, 0.25) is 0 Å². The number of carbonyl (C=O) groups is 1. The van der Waals surface area contributed by atoms with Gasteiger partial charge in [0.1, 0.15) is 10.8 Å². The van der Waals surface area contributed by atoms with Crippen molar-refractivity contribution in [2.24, 2.45) is 0 Å². The average molecular weight is 461 g/mol. The molecule has 0 aliphatic heterocycles. The van der Waals surface area contributed by atoms with Crippen LogP contribution in [0.25, 0.3) is 10.7 Å². The molecule has 0 saturated carbocycles. The van der Waals surface area contributed by atoms with Crippen LogP contribution < -0.4 is 10.1 Å². The minimum atomic E-state index is -4.76. The molecule has 164 valence electrons. The Morgan fingerprint density at radius 3 is 2.52 bits per heavy atom. The molecule has 0 unspecified atom stereocenters. The van der Waals surface area contributed by atoms with Crippen LogP contribution in [0.15, 0.2) is 48.0 Å². The van der Waals surface area contributed by atoms with Crippen molar-refractivity contribution in [2.45, 2.75) is 18.8 Å². The van der Waals surface area contributed by atoms with E-state index in [1.54, 1.807) is 29.8 Å². The summed E-state index contributed by atoms with van der Waals surface area (Å²) in [5.74, 6) is -1.31. The van der Waals surface area contributed by atoms with E-state index in [-0.39, 0.29) is 6.42 Å². The lowest BCUT2D eigenvalue weighted by Crippen LogP contribution is -2.21. The molecule has 0 atom stereocenters. The van der Waals surface area contributed by atoms with Gasteiger partial charge in [-0.2, -0.15) is 26.3 Å². The number of halogens is 6. The first-order valence-corrected chi connectivity index (χ1v) is 9.46. The molecule has 3 rings (SSSR count). The maximum absolute atomic E-state index is 13.0. The number of amides is 1. The molecule has 2 aromatic heterocycles. The number of rotatable bonds is 6. The Kier molecular flexibility index (Phi) is 6.48. The number of ether oxygens (including phenoxy) is 1. The van der Waals surface area contributed by atoms with Crippen molar-refractivity contribution in [3.8, 4) is 16.5 Å². The van der Waals surface area contributed by atoms with Crippen molar-refractivity contribution in [3.05, 3.63) is 59.2 Å². The van der Waals surface area contributed by atoms with Gasteiger partial charge in [-0.05, 0) is 30.3 Å². The monoisotopic (exact) mass is 461 g/mol. The quantitative estimate of drug-likeness (QED) is 0.503. The summed E-state index contributed by atoms with van der Waals surface area (Å²) in [6.07, 6.45) is -8.20. The number of hydrogen-bond acceptors (Lipinski definition) is 5. The Morgan fingerprint density at radius 2 is 1.87 bits per heavy atom. The normalized spacial score (nSPS) is 11.9. The van der Waals surface area contributed by atoms with E-state index < -0.39 is 41.9 Å². The van der Waals surface area contributed by atoms with Crippen LogP contribution in [0.1, 0.15) is 11.3 Å². The third-order valence-electron chi connectivity index (χ3n) is 3.75. The molecule has 0 aliphatic rings. The van der Waals surface area contributed by atoms with Crippen LogP contribution in [0, 0.1) is 0 Å². The number of thiazole rings is 1. The summed E-state index contributed by atoms with van der Waals surface area (Å²) < 4.78 is 80.8. The van der Waals surface area contributed by atoms with Gasteiger partial charge in [0.05, 0.1) is 29.1 Å². The van der Waals surface area contributed by atoms with Gasteiger partial charge in [0, 0.05) is 11.6 Å². The summed E-state index contributed by atoms with van der Waals surface area (Å²) in [5.41, 5.74) is -0.759. The SMILES string of the molecule is O=C(Cc1csc(-c2ccccn2)n1)Nc1cc(C(F)(F)F)ccc1OCC(F)(F)F. The summed E-state index contributed by atoms with van der Waals surface area (Å²) in [7, 11) is 0. The zero-order valence-electron chi connectivity index (χ0n) is 15.4. The van der Waals surface area contributed by atoms with Crippen LogP contribution in [-0.2, 0) is 17.4 Å². The lowest BCUT2D eigenvalue weighted by Gasteiger charge is -2.16. The van der Waals surface area contributed by atoms with Crippen LogP contribution in [0.4, 0.5) is 32.0 Å². The molecule has 0 aliphatic carbocycles. The fraction of sp³-hybridized carbons (Fsp3) is 0.211. The van der Waals surface area contributed by atoms with E-state index >= 15 is 0 Å². The van der Waals surface area contributed by atoms with E-state index in [0.717, 1.165) is 6.07 Å². The Hall–Kier alpha value is -3.15. The van der Waals surface area contributed by atoms with Crippen LogP contribution >= 0.6 is 11.3 Å². The van der Waals surface area contributed by atoms with Gasteiger partial charge >= 0.3 is 12.4 Å². The standard InChI is InChI=1S/C19H13F6N3O2S/c20-18(21,22)10-30-15-5-4-11(19(23,24)25)7-14(15)28-16(29)8-12-9-31-17(27-12)13-3-1-2-6-26-13/h1-7,9H,8,10H2,(H,28,29). The summed E-state index contributed by atoms with van der Waals surface area (Å²) in [4.78, 5) is 20.7. The highest BCUT2D eigenvalue weighted by molar-refractivity contribution is 7.13. The van der Waals surface area contributed by atoms with E-state index in [4.69, 9.17) is 0 Å². The second-order valence-electron chi connectivity index (χ2n) is 6.20. The lowest BCUT2D eigenvalue weighted by molar-refractivity contribution is -0.153. The zero-order chi connectivity index (χ0) is 22.6. The van der Waals surface area contributed by atoms with E-state index in [9.17, 15) is 31.1 Å². The van der Waals surface area contributed by atoms with Gasteiger partial charge in [0.15, 0.2) is 6.61 Å². The fourth-order valence-corrected chi connectivity index (χ4v) is 3.24. The summed E-state index contributed by atoms with van der Waals surface area (Å²) >= 11 is 1.22. The molecule has 1 N–H and O–H groups in total. The van der Waals surface area contributed by atoms with Gasteiger partial charge in [-0.15, -0.1) is 11.3 Å². The number of nitrogens with zero attached hydrogens (tertiary/aromatic N) is 2. The number of nitrogens with one attached hydrogen (secondary N) is 1. The fourth-order valence-electron chi connectivity index (χ4n) is 2.44. The Morgan fingerprint density at radius 1 is 1.10 bits per heavy atom. The molecule has 0 radical (unpaired) electrons. The molecular weight excluding hydrogens is 448 g/mol. The minimum Gasteiger partial charge on any atom is -0.482 e. The predicted octanol–water partition coefficient (Wildman–Crippen LogP) is 5.35. The third-order valence-corrected chi connectivity index (χ3v) is 4.66. The van der Waals surface area contributed by atoms with Gasteiger partial charge in [-0.25, -0.2) is 4.98 Å². The third kappa shape index (κ3) is 6.41. The largest absolute Gasteiger partial charge is 0.482 e. The molecule has 0 bridgehead atoms. The van der Waals surface area contributed by atoms with Gasteiger partial charge in [-0.1, -0.05) is 6.07 Å². The highest BCUT2D eigenvalue weighted by Crippen LogP contribution is 2.35. The minimum absolute atomic E-state index is 0.307. The zero-order valence-corrected chi connectivity index (χ0v) is 16.2. The van der Waals surface area contributed by atoms with Crippen LogP contribution in [-0.4, -0.2) is 28.7 Å². The van der Waals surface area contributed by atoms with E-state index in [2.05, 4.69) is 20.0 Å². The molecule has 5 nitrogen and oxygen atoms in total. The van der Waals surface area contributed by atoms with Crippen molar-refractivity contribution >= 4 is 22.9 Å². The first-order valence-electron chi connectivity index (χ1n) is 8.58. The first-order chi connectivity index (χ1) is 14.5. The van der Waals surface area contributed by atoms with E-state index in [0.29, 0.717) is 28.5 Å². The number of alkyl halides is 6. The van der Waals surface area contributed by atoms with Crippen molar-refractivity contribution in [2.75, 3.05) is 11.9 Å². The molecule has 12 heteroatoms. The average Bonchev–Trinajstić information content (AvgIpc) is 3.14. The Labute approximate surface area is 175 Å². The number of anilines is 1. The van der Waals surface area contributed by atoms with Crippen LogP contribution in [0.3, 0.4) is 0 Å². The molecular formula is C19H13F6N3O2S. The topological polar surface area (TPSA) is 64.1 Å². The molecule has 0 saturated heterocycles. The number of benzene rings is 1. The summed E-state index contributed by atoms with van der Waals surface area (Å²) in [6, 6.07) is 7.01. The molecule has 0 fully saturated rings. The molecule has 2 heterocycles. The molecule has 1 aromatic carbocycles. The van der Waals surface area contributed by atoms with Gasteiger partial charge in [-0.3, -0.25) is 9.78 Å². The first kappa shape index (κ1) is 22.5. The van der Waals surface area contributed by atoms with Crippen molar-refractivity contribution in [1.82, 2.24) is 9.97 Å².